The maximum absolute atomic E-state index is 12.9. The first-order chi connectivity index (χ1) is 12.7. The summed E-state index contributed by atoms with van der Waals surface area (Å²) in [5.41, 5.74) is 2.08. The fourth-order valence-electron chi connectivity index (χ4n) is 2.81. The number of hydrogen-bond donors (Lipinski definition) is 1. The Morgan fingerprint density at radius 2 is 2.00 bits per heavy atom. The number of halogens is 1. The van der Waals surface area contributed by atoms with Crippen molar-refractivity contribution in [2.75, 3.05) is 16.8 Å². The molecule has 0 saturated carbocycles. The normalized spacial score (nSPS) is 13.2. The van der Waals surface area contributed by atoms with Gasteiger partial charge in [0.15, 0.2) is 0 Å². The number of amides is 2. The van der Waals surface area contributed by atoms with Gasteiger partial charge in [-0.1, -0.05) is 18.2 Å². The number of nitrogens with one attached hydrogen (secondary N) is 1. The van der Waals surface area contributed by atoms with E-state index in [-0.39, 0.29) is 17.9 Å². The first kappa shape index (κ1) is 16.5. The quantitative estimate of drug-likeness (QED) is 0.739. The van der Waals surface area contributed by atoms with Crippen LogP contribution < -0.4 is 15.0 Å². The standard InChI is InChI=1S/C18H15FN4O2S/c19-13-7-9-14(10-8-13)25-16-20-17(26-22-16)21-18(24)23-11-3-5-12-4-1-2-6-15(12)23/h1-2,4,6-10H,3,5,11H2,(H,20,21,22,24). The maximum Gasteiger partial charge on any atom is 0.335 e. The summed E-state index contributed by atoms with van der Waals surface area (Å²) in [6.45, 7) is 0.653. The molecule has 0 aliphatic carbocycles. The first-order valence-electron chi connectivity index (χ1n) is 8.12. The lowest BCUT2D eigenvalue weighted by molar-refractivity contribution is 0.256. The summed E-state index contributed by atoms with van der Waals surface area (Å²) in [6, 6.07) is 13.3. The van der Waals surface area contributed by atoms with Gasteiger partial charge < -0.3 is 4.74 Å². The van der Waals surface area contributed by atoms with Crippen LogP contribution in [-0.2, 0) is 6.42 Å². The molecule has 0 fully saturated rings. The number of fused-ring (bicyclic) bond motifs is 1. The highest BCUT2D eigenvalue weighted by molar-refractivity contribution is 7.10. The smallest absolute Gasteiger partial charge is 0.335 e. The van der Waals surface area contributed by atoms with Gasteiger partial charge in [0.25, 0.3) is 0 Å². The molecule has 1 aliphatic rings. The summed E-state index contributed by atoms with van der Waals surface area (Å²) in [4.78, 5) is 18.5. The molecule has 3 aromatic rings. The summed E-state index contributed by atoms with van der Waals surface area (Å²) < 4.78 is 22.4. The number of aromatic nitrogens is 2. The Hall–Kier alpha value is -3.00. The van der Waals surface area contributed by atoms with Crippen LogP contribution in [0.2, 0.25) is 0 Å². The van der Waals surface area contributed by atoms with Crippen LogP contribution in [0.4, 0.5) is 20.0 Å². The van der Waals surface area contributed by atoms with Crippen molar-refractivity contribution < 1.29 is 13.9 Å². The van der Waals surface area contributed by atoms with Gasteiger partial charge in [0.2, 0.25) is 5.13 Å². The Balaban J connectivity index is 1.44. The number of rotatable bonds is 3. The molecule has 0 spiro atoms. The van der Waals surface area contributed by atoms with E-state index in [0.29, 0.717) is 17.4 Å². The third-order valence-corrected chi connectivity index (χ3v) is 4.61. The molecule has 1 aliphatic heterocycles. The lowest BCUT2D eigenvalue weighted by atomic mass is 10.0. The van der Waals surface area contributed by atoms with Crippen LogP contribution in [0.25, 0.3) is 0 Å². The number of carbonyl (C=O) groups excluding carboxylic acids is 1. The topological polar surface area (TPSA) is 67.3 Å². The van der Waals surface area contributed by atoms with Gasteiger partial charge >= 0.3 is 12.0 Å². The predicted molar refractivity (Wildman–Crippen MR) is 97.5 cm³/mol. The van der Waals surface area contributed by atoms with Crippen molar-refractivity contribution in [3.05, 3.63) is 59.9 Å². The summed E-state index contributed by atoms with van der Waals surface area (Å²) >= 11 is 1.03. The largest absolute Gasteiger partial charge is 0.424 e. The molecular weight excluding hydrogens is 355 g/mol. The number of para-hydroxylation sites is 1. The zero-order valence-electron chi connectivity index (χ0n) is 13.7. The lowest BCUT2D eigenvalue weighted by Crippen LogP contribution is -2.38. The van der Waals surface area contributed by atoms with Gasteiger partial charge in [-0.3, -0.25) is 10.2 Å². The van der Waals surface area contributed by atoms with Gasteiger partial charge in [0.05, 0.1) is 0 Å². The summed E-state index contributed by atoms with van der Waals surface area (Å²) in [5, 5.41) is 3.10. The van der Waals surface area contributed by atoms with Crippen molar-refractivity contribution in [1.82, 2.24) is 9.36 Å². The van der Waals surface area contributed by atoms with Crippen LogP contribution in [0.5, 0.6) is 11.8 Å². The number of hydrogen-bond acceptors (Lipinski definition) is 5. The Bertz CT molecular complexity index is 929. The van der Waals surface area contributed by atoms with Crippen LogP contribution in [-0.4, -0.2) is 21.9 Å². The molecule has 132 valence electrons. The number of aryl methyl sites for hydroxylation is 1. The van der Waals surface area contributed by atoms with E-state index in [1.165, 1.54) is 24.3 Å². The molecule has 2 heterocycles. The van der Waals surface area contributed by atoms with E-state index in [2.05, 4.69) is 14.7 Å². The second kappa shape index (κ2) is 7.09. The molecule has 8 heteroatoms. The fraction of sp³-hybridized carbons (Fsp3) is 0.167. The lowest BCUT2D eigenvalue weighted by Gasteiger charge is -2.29. The Morgan fingerprint density at radius 1 is 1.19 bits per heavy atom. The maximum atomic E-state index is 12.9. The molecule has 0 unspecified atom stereocenters. The van der Waals surface area contributed by atoms with Crippen LogP contribution in [0.3, 0.4) is 0 Å². The van der Waals surface area contributed by atoms with E-state index < -0.39 is 0 Å². The summed E-state index contributed by atoms with van der Waals surface area (Å²) in [7, 11) is 0. The minimum atomic E-state index is -0.349. The van der Waals surface area contributed by atoms with Crippen LogP contribution in [0.1, 0.15) is 12.0 Å². The van der Waals surface area contributed by atoms with Gasteiger partial charge in [-0.05, 0) is 48.7 Å². The number of anilines is 2. The van der Waals surface area contributed by atoms with Crippen molar-refractivity contribution in [2.24, 2.45) is 0 Å². The number of carbonyl (C=O) groups is 1. The molecule has 2 amide bonds. The van der Waals surface area contributed by atoms with Gasteiger partial charge in [0, 0.05) is 23.8 Å². The highest BCUT2D eigenvalue weighted by atomic mass is 32.1. The molecular formula is C18H15FN4O2S. The van der Waals surface area contributed by atoms with E-state index in [1.54, 1.807) is 4.90 Å². The van der Waals surface area contributed by atoms with Crippen molar-refractivity contribution in [3.63, 3.8) is 0 Å². The molecule has 26 heavy (non-hydrogen) atoms. The van der Waals surface area contributed by atoms with Gasteiger partial charge in [-0.2, -0.15) is 4.98 Å². The van der Waals surface area contributed by atoms with E-state index in [0.717, 1.165) is 35.6 Å². The summed E-state index contributed by atoms with van der Waals surface area (Å²) in [6.07, 6.45) is 1.88. The number of ether oxygens (including phenoxy) is 1. The first-order valence-corrected chi connectivity index (χ1v) is 8.90. The van der Waals surface area contributed by atoms with Crippen molar-refractivity contribution in [2.45, 2.75) is 12.8 Å². The van der Waals surface area contributed by atoms with Crippen LogP contribution in [0, 0.1) is 5.82 Å². The van der Waals surface area contributed by atoms with Crippen molar-refractivity contribution >= 4 is 28.4 Å². The summed E-state index contributed by atoms with van der Waals surface area (Å²) in [5.74, 6) is 0.0744. The molecule has 0 saturated heterocycles. The average Bonchev–Trinajstić information content (AvgIpc) is 3.10. The Labute approximate surface area is 153 Å². The molecule has 0 bridgehead atoms. The molecule has 2 aromatic carbocycles. The van der Waals surface area contributed by atoms with E-state index in [9.17, 15) is 9.18 Å². The number of urea groups is 1. The third-order valence-electron chi connectivity index (χ3n) is 4.00. The minimum absolute atomic E-state index is 0.107. The molecule has 0 radical (unpaired) electrons. The molecule has 4 rings (SSSR count). The van der Waals surface area contributed by atoms with E-state index in [4.69, 9.17) is 4.74 Å². The Morgan fingerprint density at radius 3 is 2.85 bits per heavy atom. The fourth-order valence-corrected chi connectivity index (χ4v) is 3.31. The zero-order chi connectivity index (χ0) is 17.9. The third kappa shape index (κ3) is 3.50. The number of benzene rings is 2. The average molecular weight is 370 g/mol. The van der Waals surface area contributed by atoms with Crippen molar-refractivity contribution in [3.8, 4) is 11.8 Å². The van der Waals surface area contributed by atoms with Crippen LogP contribution >= 0.6 is 11.5 Å². The van der Waals surface area contributed by atoms with Crippen molar-refractivity contribution in [1.29, 1.82) is 0 Å². The van der Waals surface area contributed by atoms with Gasteiger partial charge in [0.1, 0.15) is 11.6 Å². The highest BCUT2D eigenvalue weighted by Crippen LogP contribution is 2.28. The van der Waals surface area contributed by atoms with Crippen LogP contribution in [0.15, 0.2) is 48.5 Å². The van der Waals surface area contributed by atoms with E-state index >= 15 is 0 Å². The zero-order valence-corrected chi connectivity index (χ0v) is 14.5. The SMILES string of the molecule is O=C(Nc1nc(Oc2ccc(F)cc2)ns1)N1CCCc2ccccc21. The Kier molecular flexibility index (Phi) is 4.49. The second-order valence-electron chi connectivity index (χ2n) is 5.75. The highest BCUT2D eigenvalue weighted by Gasteiger charge is 2.23. The van der Waals surface area contributed by atoms with E-state index in [1.807, 2.05) is 24.3 Å². The predicted octanol–water partition coefficient (Wildman–Crippen LogP) is 4.45. The minimum Gasteiger partial charge on any atom is -0.424 e. The second-order valence-corrected chi connectivity index (χ2v) is 6.50. The van der Waals surface area contributed by atoms with Gasteiger partial charge in [-0.25, -0.2) is 9.18 Å². The van der Waals surface area contributed by atoms with Gasteiger partial charge in [-0.15, -0.1) is 4.37 Å². The molecule has 1 N–H and O–H groups in total. The molecule has 1 aromatic heterocycles. The molecule has 0 atom stereocenters. The number of nitrogens with zero attached hydrogens (tertiary/aromatic N) is 3. The monoisotopic (exact) mass is 370 g/mol. The molecule has 6 nitrogen and oxygen atoms in total.